The third-order valence-electron chi connectivity index (χ3n) is 4.13. The molecule has 2 aromatic rings. The molecule has 0 aromatic heterocycles. The first kappa shape index (κ1) is 20.7. The van der Waals surface area contributed by atoms with Crippen LogP contribution in [0.25, 0.3) is 0 Å². The molecule has 0 bridgehead atoms. The Hall–Kier alpha value is -3.62. The van der Waals surface area contributed by atoms with E-state index in [1.54, 1.807) is 12.1 Å². The number of hydrogen-bond acceptors (Lipinski definition) is 7. The minimum absolute atomic E-state index is 0.0958. The van der Waals surface area contributed by atoms with Crippen molar-refractivity contribution >= 4 is 23.3 Å². The van der Waals surface area contributed by atoms with Crippen molar-refractivity contribution in [3.63, 3.8) is 0 Å². The highest BCUT2D eigenvalue weighted by Gasteiger charge is 2.26. The van der Waals surface area contributed by atoms with Crippen LogP contribution in [0.15, 0.2) is 30.3 Å². The normalized spacial score (nSPS) is 10.1. The fourth-order valence-corrected chi connectivity index (χ4v) is 2.46. The zero-order valence-corrected chi connectivity index (χ0v) is 15.9. The number of nitrogens with zero attached hydrogens (tertiary/aromatic N) is 1. The summed E-state index contributed by atoms with van der Waals surface area (Å²) in [5.41, 5.74) is 1.62. The number of esters is 1. The van der Waals surface area contributed by atoms with Crippen LogP contribution in [-0.2, 0) is 9.53 Å². The lowest BCUT2D eigenvalue weighted by Gasteiger charge is -2.12. The van der Waals surface area contributed by atoms with Crippen LogP contribution in [0.1, 0.15) is 21.5 Å². The number of aryl methyl sites for hydroxylation is 1. The molecular weight excluding hydrogens is 368 g/mol. The van der Waals surface area contributed by atoms with Gasteiger partial charge < -0.3 is 19.5 Å². The molecular formula is C19H20N2O7. The van der Waals surface area contributed by atoms with Crippen molar-refractivity contribution in [2.75, 3.05) is 26.1 Å². The van der Waals surface area contributed by atoms with Gasteiger partial charge in [0.2, 0.25) is 0 Å². The van der Waals surface area contributed by atoms with E-state index in [1.807, 2.05) is 19.9 Å². The van der Waals surface area contributed by atoms with Crippen LogP contribution < -0.4 is 14.8 Å². The maximum absolute atomic E-state index is 12.3. The molecule has 0 aliphatic heterocycles. The topological polar surface area (TPSA) is 117 Å². The number of carbonyl (C=O) groups excluding carboxylic acids is 2. The van der Waals surface area contributed by atoms with Crippen molar-refractivity contribution in [1.29, 1.82) is 0 Å². The van der Waals surface area contributed by atoms with E-state index in [2.05, 4.69) is 5.32 Å². The lowest BCUT2D eigenvalue weighted by atomic mass is 10.1. The van der Waals surface area contributed by atoms with Crippen LogP contribution in [0.3, 0.4) is 0 Å². The highest BCUT2D eigenvalue weighted by atomic mass is 16.6. The fraction of sp³-hybridized carbons (Fsp3) is 0.263. The average Bonchev–Trinajstić information content (AvgIpc) is 2.68. The number of carbonyl (C=O) groups is 2. The summed E-state index contributed by atoms with van der Waals surface area (Å²) in [6.45, 7) is 3.16. The minimum Gasteiger partial charge on any atom is -0.493 e. The molecule has 0 spiro atoms. The van der Waals surface area contributed by atoms with Gasteiger partial charge in [0.05, 0.1) is 25.2 Å². The molecule has 9 nitrogen and oxygen atoms in total. The number of nitro groups is 1. The van der Waals surface area contributed by atoms with E-state index in [1.165, 1.54) is 14.2 Å². The van der Waals surface area contributed by atoms with Gasteiger partial charge >= 0.3 is 5.97 Å². The molecule has 28 heavy (non-hydrogen) atoms. The maximum atomic E-state index is 12.3. The number of nitrogens with one attached hydrogen (secondary N) is 1. The Balaban J connectivity index is 2.15. The summed E-state index contributed by atoms with van der Waals surface area (Å²) < 4.78 is 15.0. The Kier molecular flexibility index (Phi) is 6.54. The largest absolute Gasteiger partial charge is 0.493 e. The number of ether oxygens (including phenoxy) is 3. The van der Waals surface area contributed by atoms with Gasteiger partial charge in [0.15, 0.2) is 18.1 Å². The molecule has 0 saturated carbocycles. The number of amides is 1. The molecule has 0 atom stereocenters. The smallest absolute Gasteiger partial charge is 0.345 e. The van der Waals surface area contributed by atoms with Crippen LogP contribution in [0, 0.1) is 24.0 Å². The first-order chi connectivity index (χ1) is 13.3. The molecule has 0 radical (unpaired) electrons. The number of rotatable bonds is 7. The molecule has 2 rings (SSSR count). The van der Waals surface area contributed by atoms with Gasteiger partial charge in [-0.05, 0) is 31.0 Å². The van der Waals surface area contributed by atoms with Crippen LogP contribution in [0.5, 0.6) is 11.5 Å². The van der Waals surface area contributed by atoms with E-state index in [-0.39, 0.29) is 17.1 Å². The molecule has 0 fully saturated rings. The molecule has 0 aliphatic carbocycles. The SMILES string of the molecule is COc1cc(C(=O)OCC(=O)Nc2cccc(C)c2C)c([N+](=O)[O-])cc1OC. The third kappa shape index (κ3) is 4.56. The van der Waals surface area contributed by atoms with Crippen LogP contribution in [0.2, 0.25) is 0 Å². The van der Waals surface area contributed by atoms with E-state index in [4.69, 9.17) is 14.2 Å². The number of nitro benzene ring substituents is 1. The van der Waals surface area contributed by atoms with Gasteiger partial charge in [-0.2, -0.15) is 0 Å². The maximum Gasteiger partial charge on any atom is 0.345 e. The molecule has 1 amide bonds. The van der Waals surface area contributed by atoms with Gasteiger partial charge in [0, 0.05) is 11.8 Å². The second-order valence-corrected chi connectivity index (χ2v) is 5.85. The van der Waals surface area contributed by atoms with Crippen molar-refractivity contribution in [3.8, 4) is 11.5 Å². The third-order valence-corrected chi connectivity index (χ3v) is 4.13. The van der Waals surface area contributed by atoms with Gasteiger partial charge in [-0.1, -0.05) is 12.1 Å². The van der Waals surface area contributed by atoms with Crippen molar-refractivity contribution in [2.24, 2.45) is 0 Å². The zero-order valence-electron chi connectivity index (χ0n) is 15.9. The van der Waals surface area contributed by atoms with Crippen LogP contribution >= 0.6 is 0 Å². The van der Waals surface area contributed by atoms with Crippen molar-refractivity contribution in [3.05, 3.63) is 57.1 Å². The Morgan fingerprint density at radius 1 is 1.11 bits per heavy atom. The van der Waals surface area contributed by atoms with E-state index in [0.717, 1.165) is 23.3 Å². The van der Waals surface area contributed by atoms with Gasteiger partial charge in [0.25, 0.3) is 11.6 Å². The molecule has 2 aromatic carbocycles. The first-order valence-electron chi connectivity index (χ1n) is 8.22. The lowest BCUT2D eigenvalue weighted by molar-refractivity contribution is -0.385. The summed E-state index contributed by atoms with van der Waals surface area (Å²) >= 11 is 0. The number of benzene rings is 2. The second kappa shape index (κ2) is 8.85. The molecule has 0 unspecified atom stereocenters. The van der Waals surface area contributed by atoms with Gasteiger partial charge in [-0.15, -0.1) is 0 Å². The van der Waals surface area contributed by atoms with Gasteiger partial charge in [0.1, 0.15) is 5.56 Å². The summed E-state index contributed by atoms with van der Waals surface area (Å²) in [4.78, 5) is 34.9. The van der Waals surface area contributed by atoms with Crippen molar-refractivity contribution in [2.45, 2.75) is 13.8 Å². The molecule has 9 heteroatoms. The minimum atomic E-state index is -1.02. The van der Waals surface area contributed by atoms with E-state index < -0.39 is 29.1 Å². The Morgan fingerprint density at radius 2 is 1.75 bits per heavy atom. The summed E-state index contributed by atoms with van der Waals surface area (Å²) in [5.74, 6) is -1.37. The Labute approximate surface area is 161 Å². The molecule has 0 saturated heterocycles. The number of anilines is 1. The van der Waals surface area contributed by atoms with Crippen LogP contribution in [-0.4, -0.2) is 37.6 Å². The van der Waals surface area contributed by atoms with Crippen LogP contribution in [0.4, 0.5) is 11.4 Å². The standard InChI is InChI=1S/C19H20N2O7/c1-11-6-5-7-14(12(11)2)20-18(22)10-28-19(23)13-8-16(26-3)17(27-4)9-15(13)21(24)25/h5-9H,10H2,1-4H3,(H,20,22). The summed E-state index contributed by atoms with van der Waals surface area (Å²) in [6, 6.07) is 7.62. The predicted octanol–water partition coefficient (Wildman–Crippen LogP) is 3.02. The van der Waals surface area contributed by atoms with Gasteiger partial charge in [-0.3, -0.25) is 14.9 Å². The lowest BCUT2D eigenvalue weighted by Crippen LogP contribution is -2.22. The summed E-state index contributed by atoms with van der Waals surface area (Å²) in [7, 11) is 2.65. The predicted molar refractivity (Wildman–Crippen MR) is 101 cm³/mol. The van der Waals surface area contributed by atoms with E-state index >= 15 is 0 Å². The summed E-state index contributed by atoms with van der Waals surface area (Å²) in [5, 5.41) is 13.9. The molecule has 0 aliphatic rings. The highest BCUT2D eigenvalue weighted by molar-refractivity contribution is 5.98. The molecule has 0 heterocycles. The van der Waals surface area contributed by atoms with E-state index in [9.17, 15) is 19.7 Å². The zero-order chi connectivity index (χ0) is 20.8. The fourth-order valence-electron chi connectivity index (χ4n) is 2.46. The highest BCUT2D eigenvalue weighted by Crippen LogP contribution is 2.34. The molecule has 1 N–H and O–H groups in total. The second-order valence-electron chi connectivity index (χ2n) is 5.85. The summed E-state index contributed by atoms with van der Waals surface area (Å²) in [6.07, 6.45) is 0. The van der Waals surface area contributed by atoms with Crippen molar-refractivity contribution in [1.82, 2.24) is 0 Å². The quantitative estimate of drug-likeness (QED) is 0.440. The molecule has 148 valence electrons. The first-order valence-corrected chi connectivity index (χ1v) is 8.22. The Morgan fingerprint density at radius 3 is 2.36 bits per heavy atom. The Bertz CT molecular complexity index is 925. The van der Waals surface area contributed by atoms with Crippen molar-refractivity contribution < 1.29 is 28.7 Å². The monoisotopic (exact) mass is 388 g/mol. The van der Waals surface area contributed by atoms with Gasteiger partial charge in [-0.25, -0.2) is 4.79 Å². The van der Waals surface area contributed by atoms with E-state index in [0.29, 0.717) is 5.69 Å². The number of methoxy groups -OCH3 is 2. The number of hydrogen-bond donors (Lipinski definition) is 1. The average molecular weight is 388 g/mol.